The quantitative estimate of drug-likeness (QED) is 0.799. The summed E-state index contributed by atoms with van der Waals surface area (Å²) in [6.07, 6.45) is 2.51. The Hall–Kier alpha value is -1.15. The van der Waals surface area contributed by atoms with Crippen molar-refractivity contribution in [3.63, 3.8) is 0 Å². The van der Waals surface area contributed by atoms with Gasteiger partial charge in [-0.3, -0.25) is 0 Å². The SMILES string of the molecule is COCC1(CNS(=O)(=O)c2ccc3c(c2)CC(C)(C)O3)CCNCC1. The van der Waals surface area contributed by atoms with Gasteiger partial charge in [0.25, 0.3) is 0 Å². The van der Waals surface area contributed by atoms with Crippen LogP contribution >= 0.6 is 0 Å². The summed E-state index contributed by atoms with van der Waals surface area (Å²) in [6.45, 7) is 6.73. The van der Waals surface area contributed by atoms with Crippen molar-refractivity contribution in [3.8, 4) is 5.75 Å². The second-order valence-corrected chi connectivity index (χ2v) is 9.58. The molecule has 1 fully saturated rings. The molecule has 0 bridgehead atoms. The van der Waals surface area contributed by atoms with E-state index in [0.717, 1.165) is 37.2 Å². The van der Waals surface area contributed by atoms with E-state index in [1.54, 1.807) is 25.3 Å². The Bertz CT molecular complexity index is 719. The summed E-state index contributed by atoms with van der Waals surface area (Å²) in [5.41, 5.74) is 0.520. The average molecular weight is 368 g/mol. The largest absolute Gasteiger partial charge is 0.487 e. The molecule has 0 amide bonds. The second kappa shape index (κ2) is 6.87. The fraction of sp³-hybridized carbons (Fsp3) is 0.667. The van der Waals surface area contributed by atoms with Crippen molar-refractivity contribution < 1.29 is 17.9 Å². The first-order valence-electron chi connectivity index (χ1n) is 8.77. The first kappa shape index (κ1) is 18.6. The normalized spacial score (nSPS) is 21.6. The third kappa shape index (κ3) is 4.16. The average Bonchev–Trinajstić information content (AvgIpc) is 2.87. The lowest BCUT2D eigenvalue weighted by molar-refractivity contribution is 0.0577. The van der Waals surface area contributed by atoms with Crippen molar-refractivity contribution in [3.05, 3.63) is 23.8 Å². The first-order chi connectivity index (χ1) is 11.8. The molecule has 0 spiro atoms. The van der Waals surface area contributed by atoms with Gasteiger partial charge < -0.3 is 14.8 Å². The molecular formula is C18H28N2O4S. The number of nitrogens with one attached hydrogen (secondary N) is 2. The summed E-state index contributed by atoms with van der Waals surface area (Å²) in [6, 6.07) is 5.11. The van der Waals surface area contributed by atoms with Crippen LogP contribution < -0.4 is 14.8 Å². The zero-order valence-electron chi connectivity index (χ0n) is 15.2. The number of ether oxygens (including phenoxy) is 2. The molecular weight excluding hydrogens is 340 g/mol. The lowest BCUT2D eigenvalue weighted by Crippen LogP contribution is -2.47. The number of rotatable bonds is 6. The Morgan fingerprint density at radius 1 is 1.28 bits per heavy atom. The molecule has 2 aliphatic heterocycles. The van der Waals surface area contributed by atoms with E-state index in [1.165, 1.54) is 0 Å². The third-order valence-electron chi connectivity index (χ3n) is 5.10. The molecule has 0 unspecified atom stereocenters. The van der Waals surface area contributed by atoms with Gasteiger partial charge in [-0.25, -0.2) is 13.1 Å². The molecule has 0 radical (unpaired) electrons. The van der Waals surface area contributed by atoms with Crippen LogP contribution in [0.2, 0.25) is 0 Å². The number of hydrogen-bond donors (Lipinski definition) is 2. The maximum Gasteiger partial charge on any atom is 0.240 e. The zero-order valence-corrected chi connectivity index (χ0v) is 16.0. The molecule has 6 nitrogen and oxygen atoms in total. The highest BCUT2D eigenvalue weighted by molar-refractivity contribution is 7.89. The smallest absolute Gasteiger partial charge is 0.240 e. The van der Waals surface area contributed by atoms with Crippen LogP contribution in [0.25, 0.3) is 0 Å². The number of fused-ring (bicyclic) bond motifs is 1. The summed E-state index contributed by atoms with van der Waals surface area (Å²) in [5.74, 6) is 0.776. The van der Waals surface area contributed by atoms with Crippen molar-refractivity contribution in [1.29, 1.82) is 0 Å². The molecule has 0 saturated carbocycles. The number of benzene rings is 1. The van der Waals surface area contributed by atoms with E-state index >= 15 is 0 Å². The van der Waals surface area contributed by atoms with Gasteiger partial charge in [0, 0.05) is 25.5 Å². The van der Waals surface area contributed by atoms with Crippen LogP contribution in [-0.4, -0.2) is 47.4 Å². The van der Waals surface area contributed by atoms with E-state index in [9.17, 15) is 8.42 Å². The molecule has 1 saturated heterocycles. The van der Waals surface area contributed by atoms with Crippen molar-refractivity contribution >= 4 is 10.0 Å². The van der Waals surface area contributed by atoms with Crippen molar-refractivity contribution in [2.24, 2.45) is 5.41 Å². The van der Waals surface area contributed by atoms with Crippen LogP contribution in [0.3, 0.4) is 0 Å². The van der Waals surface area contributed by atoms with E-state index in [0.29, 0.717) is 24.5 Å². The second-order valence-electron chi connectivity index (χ2n) is 7.82. The van der Waals surface area contributed by atoms with Crippen molar-refractivity contribution in [2.75, 3.05) is 33.4 Å². The standard InChI is InChI=1S/C18H28N2O4S/c1-17(2)11-14-10-15(4-5-16(14)24-17)25(21,22)20-12-18(13-23-3)6-8-19-9-7-18/h4-5,10,19-20H,6-9,11-13H2,1-3H3. The van der Waals surface area contributed by atoms with Crippen LogP contribution in [0, 0.1) is 5.41 Å². The lowest BCUT2D eigenvalue weighted by Gasteiger charge is -2.37. The molecule has 2 aliphatic rings. The highest BCUT2D eigenvalue weighted by Gasteiger charge is 2.35. The molecule has 0 atom stereocenters. The Kier molecular flexibility index (Phi) is 5.12. The topological polar surface area (TPSA) is 76.7 Å². The highest BCUT2D eigenvalue weighted by Crippen LogP contribution is 2.36. The molecule has 1 aromatic carbocycles. The maximum atomic E-state index is 12.8. The van der Waals surface area contributed by atoms with Gasteiger partial charge in [-0.1, -0.05) is 0 Å². The highest BCUT2D eigenvalue weighted by atomic mass is 32.2. The zero-order chi connectivity index (χ0) is 18.1. The predicted molar refractivity (Wildman–Crippen MR) is 96.5 cm³/mol. The van der Waals surface area contributed by atoms with Gasteiger partial charge in [-0.05, 0) is 63.5 Å². The fourth-order valence-corrected chi connectivity index (χ4v) is 4.93. The summed E-state index contributed by atoms with van der Waals surface area (Å²) >= 11 is 0. The predicted octanol–water partition coefficient (Wildman–Crippen LogP) is 1.69. The maximum absolute atomic E-state index is 12.8. The first-order valence-corrected chi connectivity index (χ1v) is 10.2. The Labute approximate surface area is 150 Å². The van der Waals surface area contributed by atoms with Gasteiger partial charge in [0.2, 0.25) is 10.0 Å². The minimum absolute atomic E-state index is 0.144. The van der Waals surface area contributed by atoms with Gasteiger partial charge >= 0.3 is 0 Å². The Morgan fingerprint density at radius 3 is 2.68 bits per heavy atom. The van der Waals surface area contributed by atoms with E-state index < -0.39 is 10.0 Å². The minimum atomic E-state index is -3.56. The number of piperidine rings is 1. The molecule has 0 aromatic heterocycles. The van der Waals surface area contributed by atoms with Crippen LogP contribution in [0.5, 0.6) is 5.75 Å². The Balaban J connectivity index is 1.74. The van der Waals surface area contributed by atoms with Gasteiger partial charge in [-0.2, -0.15) is 0 Å². The van der Waals surface area contributed by atoms with E-state index in [4.69, 9.17) is 9.47 Å². The van der Waals surface area contributed by atoms with Gasteiger partial charge in [0.05, 0.1) is 11.5 Å². The number of hydrogen-bond acceptors (Lipinski definition) is 5. The summed E-state index contributed by atoms with van der Waals surface area (Å²) in [5, 5.41) is 3.32. The van der Waals surface area contributed by atoms with Crippen molar-refractivity contribution in [1.82, 2.24) is 10.0 Å². The van der Waals surface area contributed by atoms with Crippen LogP contribution in [0.15, 0.2) is 23.1 Å². The molecule has 7 heteroatoms. The molecule has 140 valence electrons. The summed E-state index contributed by atoms with van der Waals surface area (Å²) in [4.78, 5) is 0.300. The van der Waals surface area contributed by atoms with Crippen molar-refractivity contribution in [2.45, 2.75) is 43.6 Å². The lowest BCUT2D eigenvalue weighted by atomic mass is 9.80. The van der Waals surface area contributed by atoms with Gasteiger partial charge in [0.1, 0.15) is 11.4 Å². The summed E-state index contributed by atoms with van der Waals surface area (Å²) in [7, 11) is -1.89. The van der Waals surface area contributed by atoms with E-state index in [1.807, 2.05) is 13.8 Å². The third-order valence-corrected chi connectivity index (χ3v) is 6.50. The molecule has 2 N–H and O–H groups in total. The molecule has 1 aromatic rings. The van der Waals surface area contributed by atoms with Crippen LogP contribution in [0.4, 0.5) is 0 Å². The van der Waals surface area contributed by atoms with E-state index in [2.05, 4.69) is 10.0 Å². The van der Waals surface area contributed by atoms with Gasteiger partial charge in [0.15, 0.2) is 0 Å². The summed E-state index contributed by atoms with van der Waals surface area (Å²) < 4.78 is 39.5. The number of methoxy groups -OCH3 is 1. The van der Waals surface area contributed by atoms with Crippen LogP contribution in [0.1, 0.15) is 32.3 Å². The molecule has 0 aliphatic carbocycles. The molecule has 3 rings (SSSR count). The minimum Gasteiger partial charge on any atom is -0.487 e. The fourth-order valence-electron chi connectivity index (χ4n) is 3.72. The van der Waals surface area contributed by atoms with E-state index in [-0.39, 0.29) is 11.0 Å². The molecule has 2 heterocycles. The monoisotopic (exact) mass is 368 g/mol. The Morgan fingerprint density at radius 2 is 2.00 bits per heavy atom. The molecule has 25 heavy (non-hydrogen) atoms. The van der Waals surface area contributed by atoms with Crippen LogP contribution in [-0.2, 0) is 21.2 Å². The van der Waals surface area contributed by atoms with Gasteiger partial charge in [-0.15, -0.1) is 0 Å². The number of sulfonamides is 1.